The third kappa shape index (κ3) is 1.42. The van der Waals surface area contributed by atoms with Gasteiger partial charge in [0.2, 0.25) is 5.76 Å². The van der Waals surface area contributed by atoms with Gasteiger partial charge in [0.1, 0.15) is 0 Å². The zero-order valence-corrected chi connectivity index (χ0v) is 7.54. The summed E-state index contributed by atoms with van der Waals surface area (Å²) in [5, 5.41) is 8.82. The lowest BCUT2D eigenvalue weighted by atomic mass is 9.83. The number of nitrogens with one attached hydrogen (secondary N) is 1. The Kier molecular flexibility index (Phi) is 2.00. The van der Waals surface area contributed by atoms with Gasteiger partial charge in [0.15, 0.2) is 0 Å². The van der Waals surface area contributed by atoms with Crippen molar-refractivity contribution < 1.29 is 14.7 Å². The van der Waals surface area contributed by atoms with Crippen molar-refractivity contribution in [1.82, 2.24) is 5.48 Å². The fourth-order valence-electron chi connectivity index (χ4n) is 2.00. The van der Waals surface area contributed by atoms with E-state index in [0.717, 1.165) is 24.8 Å². The van der Waals surface area contributed by atoms with E-state index in [1.165, 1.54) is 0 Å². The van der Waals surface area contributed by atoms with E-state index in [-0.39, 0.29) is 11.8 Å². The van der Waals surface area contributed by atoms with Crippen molar-refractivity contribution in [2.45, 2.75) is 32.2 Å². The van der Waals surface area contributed by atoms with E-state index >= 15 is 0 Å². The molecule has 0 radical (unpaired) electrons. The molecule has 72 valence electrons. The first-order chi connectivity index (χ1) is 6.18. The number of aliphatic carboxylic acids is 1. The first-order valence-corrected chi connectivity index (χ1v) is 4.57. The predicted octanol–water partition coefficient (Wildman–Crippen LogP) is 1.05. The monoisotopic (exact) mass is 183 g/mol. The maximum Gasteiger partial charge on any atom is 0.373 e. The van der Waals surface area contributed by atoms with Crippen LogP contribution in [0.3, 0.4) is 0 Å². The quantitative estimate of drug-likeness (QED) is 0.638. The van der Waals surface area contributed by atoms with Crippen molar-refractivity contribution in [2.75, 3.05) is 0 Å². The Morgan fingerprint density at radius 2 is 2.38 bits per heavy atom. The highest BCUT2D eigenvalue weighted by Crippen LogP contribution is 2.34. The Hall–Kier alpha value is -1.03. The number of hydroxylamine groups is 1. The van der Waals surface area contributed by atoms with Gasteiger partial charge in [-0.05, 0) is 25.2 Å². The lowest BCUT2D eigenvalue weighted by Crippen LogP contribution is -2.28. The number of carboxylic acid groups (broad SMARTS) is 1. The second-order valence-corrected chi connectivity index (χ2v) is 3.82. The van der Waals surface area contributed by atoms with Gasteiger partial charge in [-0.1, -0.05) is 6.92 Å². The van der Waals surface area contributed by atoms with E-state index in [0.29, 0.717) is 5.92 Å². The van der Waals surface area contributed by atoms with Crippen LogP contribution >= 0.6 is 0 Å². The Labute approximate surface area is 76.5 Å². The summed E-state index contributed by atoms with van der Waals surface area (Å²) >= 11 is 0. The van der Waals surface area contributed by atoms with Gasteiger partial charge in [-0.15, -0.1) is 5.48 Å². The summed E-state index contributed by atoms with van der Waals surface area (Å²) in [6.45, 7) is 2.14. The number of carboxylic acids is 1. The van der Waals surface area contributed by atoms with Crippen molar-refractivity contribution in [3.05, 3.63) is 11.3 Å². The molecule has 0 aromatic carbocycles. The summed E-state index contributed by atoms with van der Waals surface area (Å²) in [6.07, 6.45) is 2.96. The second-order valence-electron chi connectivity index (χ2n) is 3.82. The van der Waals surface area contributed by atoms with Gasteiger partial charge >= 0.3 is 5.97 Å². The molecule has 2 unspecified atom stereocenters. The van der Waals surface area contributed by atoms with E-state index in [1.807, 2.05) is 0 Å². The molecule has 2 aliphatic rings. The highest BCUT2D eigenvalue weighted by molar-refractivity contribution is 5.86. The summed E-state index contributed by atoms with van der Waals surface area (Å²) in [7, 11) is 0. The number of rotatable bonds is 1. The number of carbonyl (C=O) groups is 1. The minimum Gasteiger partial charge on any atom is -0.475 e. The normalized spacial score (nSPS) is 32.7. The number of hydrogen-bond donors (Lipinski definition) is 2. The molecule has 0 saturated heterocycles. The zero-order valence-electron chi connectivity index (χ0n) is 7.54. The van der Waals surface area contributed by atoms with Crippen LogP contribution in [0, 0.1) is 5.92 Å². The van der Waals surface area contributed by atoms with Gasteiger partial charge < -0.3 is 9.94 Å². The first-order valence-electron chi connectivity index (χ1n) is 4.57. The average Bonchev–Trinajstić information content (AvgIpc) is 2.46. The van der Waals surface area contributed by atoms with Crippen LogP contribution < -0.4 is 5.48 Å². The molecule has 2 atom stereocenters. The molecule has 13 heavy (non-hydrogen) atoms. The van der Waals surface area contributed by atoms with Crippen LogP contribution in [-0.4, -0.2) is 17.1 Å². The molecule has 0 amide bonds. The van der Waals surface area contributed by atoms with E-state index < -0.39 is 5.97 Å². The topological polar surface area (TPSA) is 58.6 Å². The van der Waals surface area contributed by atoms with Gasteiger partial charge in [-0.3, -0.25) is 0 Å². The molecule has 1 fully saturated rings. The Morgan fingerprint density at radius 3 is 3.08 bits per heavy atom. The van der Waals surface area contributed by atoms with Gasteiger partial charge in [0.05, 0.1) is 6.04 Å². The van der Waals surface area contributed by atoms with E-state index in [2.05, 4.69) is 12.4 Å². The van der Waals surface area contributed by atoms with Crippen LogP contribution in [0.15, 0.2) is 11.3 Å². The molecule has 0 bridgehead atoms. The molecule has 2 rings (SSSR count). The molecule has 4 nitrogen and oxygen atoms in total. The minimum absolute atomic E-state index is 0.122. The fraction of sp³-hybridized carbons (Fsp3) is 0.667. The van der Waals surface area contributed by atoms with Crippen LogP contribution in [0.5, 0.6) is 0 Å². The molecule has 0 aromatic rings. The summed E-state index contributed by atoms with van der Waals surface area (Å²) in [5.41, 5.74) is 3.69. The predicted molar refractivity (Wildman–Crippen MR) is 45.7 cm³/mol. The van der Waals surface area contributed by atoms with Crippen LogP contribution in [0.1, 0.15) is 26.2 Å². The lowest BCUT2D eigenvalue weighted by Gasteiger charge is -2.23. The number of hydrogen-bond acceptors (Lipinski definition) is 3. The molecule has 2 N–H and O–H groups in total. The van der Waals surface area contributed by atoms with Gasteiger partial charge in [0, 0.05) is 5.57 Å². The summed E-state index contributed by atoms with van der Waals surface area (Å²) in [5.74, 6) is -0.264. The highest BCUT2D eigenvalue weighted by atomic mass is 16.7. The van der Waals surface area contributed by atoms with E-state index in [4.69, 9.17) is 9.94 Å². The molecule has 1 saturated carbocycles. The maximum absolute atomic E-state index is 10.7. The van der Waals surface area contributed by atoms with Crippen LogP contribution in [0.4, 0.5) is 0 Å². The summed E-state index contributed by atoms with van der Waals surface area (Å²) in [6, 6.07) is 0.141. The molecule has 1 aliphatic carbocycles. The van der Waals surface area contributed by atoms with Crippen LogP contribution in [0.2, 0.25) is 0 Å². The summed E-state index contributed by atoms with van der Waals surface area (Å²) < 4.78 is 0. The Balaban J connectivity index is 2.25. The SMILES string of the molecule is CC1CCC2NOC(C(=O)O)=C2C1. The van der Waals surface area contributed by atoms with Crippen molar-refractivity contribution in [2.24, 2.45) is 5.92 Å². The standard InChI is InChI=1S/C9H13NO3/c1-5-2-3-7-6(4-5)8(9(11)12)13-10-7/h5,7,10H,2-4H2,1H3,(H,11,12). The molecule has 0 aromatic heterocycles. The molecular weight excluding hydrogens is 170 g/mol. The third-order valence-corrected chi connectivity index (χ3v) is 2.73. The fourth-order valence-corrected chi connectivity index (χ4v) is 2.00. The minimum atomic E-state index is -0.959. The second kappa shape index (κ2) is 3.03. The third-order valence-electron chi connectivity index (χ3n) is 2.73. The molecule has 0 spiro atoms. The highest BCUT2D eigenvalue weighted by Gasteiger charge is 2.34. The van der Waals surface area contributed by atoms with Crippen molar-refractivity contribution in [1.29, 1.82) is 0 Å². The zero-order chi connectivity index (χ0) is 9.42. The van der Waals surface area contributed by atoms with Crippen molar-refractivity contribution in [3.63, 3.8) is 0 Å². The van der Waals surface area contributed by atoms with Gasteiger partial charge in [-0.2, -0.15) is 0 Å². The Morgan fingerprint density at radius 1 is 1.62 bits per heavy atom. The molecule has 1 heterocycles. The summed E-state index contributed by atoms with van der Waals surface area (Å²) in [4.78, 5) is 15.7. The van der Waals surface area contributed by atoms with Gasteiger partial charge in [0.25, 0.3) is 0 Å². The number of fused-ring (bicyclic) bond motifs is 1. The van der Waals surface area contributed by atoms with E-state index in [1.54, 1.807) is 0 Å². The smallest absolute Gasteiger partial charge is 0.373 e. The Bertz CT molecular complexity index is 272. The van der Waals surface area contributed by atoms with Crippen molar-refractivity contribution >= 4 is 5.97 Å². The molecule has 4 heteroatoms. The van der Waals surface area contributed by atoms with Crippen LogP contribution in [0.25, 0.3) is 0 Å². The first kappa shape index (κ1) is 8.56. The van der Waals surface area contributed by atoms with Crippen molar-refractivity contribution in [3.8, 4) is 0 Å². The van der Waals surface area contributed by atoms with Gasteiger partial charge in [-0.25, -0.2) is 4.79 Å². The average molecular weight is 183 g/mol. The maximum atomic E-state index is 10.7. The van der Waals surface area contributed by atoms with E-state index in [9.17, 15) is 4.79 Å². The molecule has 1 aliphatic heterocycles. The van der Waals surface area contributed by atoms with Crippen LogP contribution in [-0.2, 0) is 9.63 Å². The lowest BCUT2D eigenvalue weighted by molar-refractivity contribution is -0.137. The molecular formula is C9H13NO3. The largest absolute Gasteiger partial charge is 0.475 e.